The van der Waals surface area contributed by atoms with Crippen molar-refractivity contribution in [3.63, 3.8) is 0 Å². The number of nitrogens with one attached hydrogen (secondary N) is 1. The van der Waals surface area contributed by atoms with Crippen molar-refractivity contribution < 1.29 is 9.53 Å². The van der Waals surface area contributed by atoms with Crippen LogP contribution in [0.15, 0.2) is 6.20 Å². The first-order chi connectivity index (χ1) is 11.7. The summed E-state index contributed by atoms with van der Waals surface area (Å²) in [5.41, 5.74) is 2.10. The molecule has 1 saturated heterocycles. The van der Waals surface area contributed by atoms with E-state index in [2.05, 4.69) is 19.8 Å². The van der Waals surface area contributed by atoms with E-state index < -0.39 is 0 Å². The number of rotatable bonds is 3. The first kappa shape index (κ1) is 15.7. The standard InChI is InChI=1S/C16H21N5O2S/c1-21-9-12-11(3-2-4-13(12)19-21)15(22)18-16-17-14(20-24-16)10-5-7-23-8-6-10/h9-11H,2-8H2,1H3,(H,17,18,20,22). The highest BCUT2D eigenvalue weighted by Gasteiger charge is 2.29. The topological polar surface area (TPSA) is 81.9 Å². The molecule has 4 rings (SSSR count). The molecule has 0 aromatic carbocycles. The second-order valence-corrected chi connectivity index (χ2v) is 7.24. The van der Waals surface area contributed by atoms with Crippen molar-refractivity contribution in [1.29, 1.82) is 0 Å². The van der Waals surface area contributed by atoms with Crippen LogP contribution in [0, 0.1) is 0 Å². The molecule has 1 unspecified atom stereocenters. The minimum absolute atomic E-state index is 0.00127. The van der Waals surface area contributed by atoms with Crippen molar-refractivity contribution in [1.82, 2.24) is 19.1 Å². The number of carbonyl (C=O) groups excluding carboxylic acids is 1. The summed E-state index contributed by atoms with van der Waals surface area (Å²) in [7, 11) is 1.90. The molecule has 1 aliphatic carbocycles. The van der Waals surface area contributed by atoms with Gasteiger partial charge in [-0.1, -0.05) is 0 Å². The van der Waals surface area contributed by atoms with E-state index in [9.17, 15) is 4.79 Å². The number of carbonyl (C=O) groups is 1. The van der Waals surface area contributed by atoms with Gasteiger partial charge in [0.05, 0.1) is 11.6 Å². The molecule has 7 nitrogen and oxygen atoms in total. The molecule has 1 atom stereocenters. The van der Waals surface area contributed by atoms with E-state index in [1.54, 1.807) is 4.68 Å². The molecule has 8 heteroatoms. The molecule has 0 bridgehead atoms. The second-order valence-electron chi connectivity index (χ2n) is 6.48. The number of ether oxygens (including phenoxy) is 1. The van der Waals surface area contributed by atoms with E-state index in [0.717, 1.165) is 62.4 Å². The normalized spacial score (nSPS) is 21.5. The molecular formula is C16H21N5O2S. The van der Waals surface area contributed by atoms with Crippen LogP contribution in [-0.4, -0.2) is 38.3 Å². The van der Waals surface area contributed by atoms with Gasteiger partial charge in [0.25, 0.3) is 0 Å². The van der Waals surface area contributed by atoms with E-state index in [-0.39, 0.29) is 11.8 Å². The fourth-order valence-electron chi connectivity index (χ4n) is 3.54. The number of fused-ring (bicyclic) bond motifs is 1. The molecule has 1 N–H and O–H groups in total. The fraction of sp³-hybridized carbons (Fsp3) is 0.625. The van der Waals surface area contributed by atoms with E-state index in [0.29, 0.717) is 11.0 Å². The number of aryl methyl sites for hydroxylation is 2. The van der Waals surface area contributed by atoms with Crippen LogP contribution in [0.1, 0.15) is 54.6 Å². The smallest absolute Gasteiger partial charge is 0.233 e. The summed E-state index contributed by atoms with van der Waals surface area (Å²) >= 11 is 1.27. The highest BCUT2D eigenvalue weighted by Crippen LogP contribution is 2.32. The van der Waals surface area contributed by atoms with E-state index in [4.69, 9.17) is 4.74 Å². The zero-order valence-corrected chi connectivity index (χ0v) is 14.5. The first-order valence-corrected chi connectivity index (χ1v) is 9.22. The Morgan fingerprint density at radius 2 is 2.21 bits per heavy atom. The lowest BCUT2D eigenvalue weighted by molar-refractivity contribution is -0.117. The highest BCUT2D eigenvalue weighted by atomic mass is 32.1. The van der Waals surface area contributed by atoms with Gasteiger partial charge in [0.1, 0.15) is 5.82 Å². The van der Waals surface area contributed by atoms with Crippen LogP contribution in [0.4, 0.5) is 5.13 Å². The Bertz CT molecular complexity index is 735. The number of anilines is 1. The summed E-state index contributed by atoms with van der Waals surface area (Å²) in [6.07, 6.45) is 6.66. The summed E-state index contributed by atoms with van der Waals surface area (Å²) in [5, 5.41) is 8.01. The van der Waals surface area contributed by atoms with Gasteiger partial charge in [0, 0.05) is 49.5 Å². The molecular weight excluding hydrogens is 326 g/mol. The Morgan fingerprint density at radius 3 is 3.04 bits per heavy atom. The fourth-order valence-corrected chi connectivity index (χ4v) is 4.19. The molecule has 0 saturated carbocycles. The molecule has 1 fully saturated rings. The van der Waals surface area contributed by atoms with Crippen LogP contribution in [0.5, 0.6) is 0 Å². The van der Waals surface area contributed by atoms with Crippen LogP contribution in [-0.2, 0) is 23.0 Å². The zero-order valence-electron chi connectivity index (χ0n) is 13.7. The van der Waals surface area contributed by atoms with Gasteiger partial charge in [-0.05, 0) is 32.1 Å². The molecule has 24 heavy (non-hydrogen) atoms. The van der Waals surface area contributed by atoms with E-state index in [1.165, 1.54) is 11.5 Å². The predicted octanol–water partition coefficient (Wildman–Crippen LogP) is 2.22. The van der Waals surface area contributed by atoms with E-state index in [1.807, 2.05) is 13.2 Å². The molecule has 2 aromatic heterocycles. The monoisotopic (exact) mass is 347 g/mol. The number of hydrogen-bond donors (Lipinski definition) is 1. The Labute approximate surface area is 144 Å². The number of amides is 1. The minimum atomic E-state index is -0.141. The van der Waals surface area contributed by atoms with Gasteiger partial charge in [-0.2, -0.15) is 9.47 Å². The maximum atomic E-state index is 12.7. The highest BCUT2D eigenvalue weighted by molar-refractivity contribution is 7.09. The number of hydrogen-bond acceptors (Lipinski definition) is 6. The molecule has 0 spiro atoms. The molecule has 0 radical (unpaired) electrons. The third kappa shape index (κ3) is 3.08. The minimum Gasteiger partial charge on any atom is -0.381 e. The van der Waals surface area contributed by atoms with Crippen LogP contribution in [0.2, 0.25) is 0 Å². The first-order valence-electron chi connectivity index (χ1n) is 8.45. The average molecular weight is 347 g/mol. The third-order valence-corrected chi connectivity index (χ3v) is 5.44. The maximum Gasteiger partial charge on any atom is 0.233 e. The van der Waals surface area contributed by atoms with Crippen LogP contribution in [0.3, 0.4) is 0 Å². The summed E-state index contributed by atoms with van der Waals surface area (Å²) in [5.74, 6) is 1.04. The Balaban J connectivity index is 1.46. The molecule has 3 heterocycles. The quantitative estimate of drug-likeness (QED) is 0.921. The van der Waals surface area contributed by atoms with E-state index >= 15 is 0 Å². The Morgan fingerprint density at radius 1 is 1.38 bits per heavy atom. The van der Waals surface area contributed by atoms with Gasteiger partial charge in [-0.15, -0.1) is 0 Å². The molecule has 2 aromatic rings. The lowest BCUT2D eigenvalue weighted by Gasteiger charge is -2.20. The van der Waals surface area contributed by atoms with Gasteiger partial charge < -0.3 is 10.1 Å². The molecule has 2 aliphatic rings. The van der Waals surface area contributed by atoms with Gasteiger partial charge in [0.2, 0.25) is 11.0 Å². The summed E-state index contributed by atoms with van der Waals surface area (Å²) < 4.78 is 11.6. The van der Waals surface area contributed by atoms with Gasteiger partial charge in [0.15, 0.2) is 0 Å². The van der Waals surface area contributed by atoms with Crippen LogP contribution in [0.25, 0.3) is 0 Å². The van der Waals surface area contributed by atoms with Crippen molar-refractivity contribution >= 4 is 22.6 Å². The van der Waals surface area contributed by atoms with Gasteiger partial charge in [-0.25, -0.2) is 4.98 Å². The summed E-state index contributed by atoms with van der Waals surface area (Å²) in [4.78, 5) is 17.2. The molecule has 128 valence electrons. The maximum absolute atomic E-state index is 12.7. The SMILES string of the molecule is Cn1cc2c(n1)CCCC2C(=O)Nc1nc(C2CCOCC2)ns1. The zero-order chi connectivity index (χ0) is 16.5. The lowest BCUT2D eigenvalue weighted by atomic mass is 9.86. The second kappa shape index (κ2) is 6.60. The van der Waals surface area contributed by atoms with Crippen molar-refractivity contribution in [2.24, 2.45) is 7.05 Å². The predicted molar refractivity (Wildman–Crippen MR) is 90.2 cm³/mol. The van der Waals surface area contributed by atoms with Gasteiger partial charge in [-0.3, -0.25) is 9.48 Å². The van der Waals surface area contributed by atoms with Crippen molar-refractivity contribution in [2.45, 2.75) is 43.9 Å². The molecule has 1 amide bonds. The third-order valence-electron chi connectivity index (χ3n) is 4.79. The van der Waals surface area contributed by atoms with Crippen LogP contribution >= 0.6 is 11.5 Å². The van der Waals surface area contributed by atoms with Crippen molar-refractivity contribution in [3.05, 3.63) is 23.3 Å². The van der Waals surface area contributed by atoms with Gasteiger partial charge >= 0.3 is 0 Å². The Hall–Kier alpha value is -1.80. The van der Waals surface area contributed by atoms with Crippen molar-refractivity contribution in [2.75, 3.05) is 18.5 Å². The van der Waals surface area contributed by atoms with Crippen molar-refractivity contribution in [3.8, 4) is 0 Å². The molecule has 1 aliphatic heterocycles. The lowest BCUT2D eigenvalue weighted by Crippen LogP contribution is -2.24. The number of nitrogens with zero attached hydrogens (tertiary/aromatic N) is 4. The van der Waals surface area contributed by atoms with Crippen LogP contribution < -0.4 is 5.32 Å². The largest absolute Gasteiger partial charge is 0.381 e. The summed E-state index contributed by atoms with van der Waals surface area (Å²) in [6, 6.07) is 0. The number of aromatic nitrogens is 4. The summed E-state index contributed by atoms with van der Waals surface area (Å²) in [6.45, 7) is 1.52. The average Bonchev–Trinajstić information content (AvgIpc) is 3.20. The Kier molecular flexibility index (Phi) is 4.32.